The van der Waals surface area contributed by atoms with Gasteiger partial charge in [0.15, 0.2) is 0 Å². The minimum atomic E-state index is 0.549. The Hall–Kier alpha value is -1.06. The van der Waals surface area contributed by atoms with Crippen molar-refractivity contribution in [2.45, 2.75) is 38.6 Å². The van der Waals surface area contributed by atoms with Crippen molar-refractivity contribution in [3.63, 3.8) is 0 Å². The summed E-state index contributed by atoms with van der Waals surface area (Å²) >= 11 is 0. The summed E-state index contributed by atoms with van der Waals surface area (Å²) in [6.07, 6.45) is 4.66. The minimum absolute atomic E-state index is 0.549. The molecule has 1 aromatic carbocycles. The van der Waals surface area contributed by atoms with Crippen molar-refractivity contribution < 1.29 is 4.74 Å². The Morgan fingerprint density at radius 3 is 2.95 bits per heavy atom. The van der Waals surface area contributed by atoms with Crippen LogP contribution in [0.1, 0.15) is 43.4 Å². The number of benzene rings is 1. The number of rotatable bonds is 8. The summed E-state index contributed by atoms with van der Waals surface area (Å²) in [5.74, 6) is 1.03. The third-order valence-corrected chi connectivity index (χ3v) is 3.85. The molecule has 0 aromatic heterocycles. The fourth-order valence-corrected chi connectivity index (χ4v) is 2.79. The number of aryl methyl sites for hydroxylation is 1. The maximum Gasteiger partial charge on any atom is 0.119 e. The van der Waals surface area contributed by atoms with Gasteiger partial charge in [-0.2, -0.15) is 0 Å². The van der Waals surface area contributed by atoms with Gasteiger partial charge < -0.3 is 15.0 Å². The molecule has 0 saturated heterocycles. The van der Waals surface area contributed by atoms with Crippen LogP contribution >= 0.6 is 0 Å². The second-order valence-electron chi connectivity index (χ2n) is 5.91. The second kappa shape index (κ2) is 7.65. The van der Waals surface area contributed by atoms with E-state index < -0.39 is 0 Å². The van der Waals surface area contributed by atoms with Gasteiger partial charge in [0.2, 0.25) is 0 Å². The molecule has 0 spiro atoms. The predicted octanol–water partition coefficient (Wildman–Crippen LogP) is 3.00. The standard InChI is InChI=1S/C17H28N2O/c1-4-10-18-17-9-6-14-13-15(7-8-16(14)17)20-12-5-11-19(2)3/h7-8,13,17-18H,4-6,9-12H2,1-3H3. The zero-order chi connectivity index (χ0) is 14.4. The molecule has 0 fully saturated rings. The van der Waals surface area contributed by atoms with Crippen LogP contribution in [0.4, 0.5) is 0 Å². The molecule has 1 atom stereocenters. The van der Waals surface area contributed by atoms with Gasteiger partial charge in [-0.25, -0.2) is 0 Å². The molecule has 1 unspecified atom stereocenters. The maximum atomic E-state index is 5.85. The lowest BCUT2D eigenvalue weighted by Crippen LogP contribution is -2.19. The van der Waals surface area contributed by atoms with Crippen LogP contribution in [0.5, 0.6) is 5.75 Å². The number of nitrogens with zero attached hydrogens (tertiary/aromatic N) is 1. The first-order valence-electron chi connectivity index (χ1n) is 7.84. The van der Waals surface area contributed by atoms with E-state index in [4.69, 9.17) is 4.74 Å². The lowest BCUT2D eigenvalue weighted by Gasteiger charge is -2.14. The molecule has 1 aliphatic rings. The van der Waals surface area contributed by atoms with Gasteiger partial charge in [0.1, 0.15) is 5.75 Å². The quantitative estimate of drug-likeness (QED) is 0.739. The Labute approximate surface area is 123 Å². The molecule has 1 N–H and O–H groups in total. The molecule has 3 nitrogen and oxygen atoms in total. The largest absolute Gasteiger partial charge is 0.494 e. The van der Waals surface area contributed by atoms with Crippen LogP contribution in [0.2, 0.25) is 0 Å². The third-order valence-electron chi connectivity index (χ3n) is 3.85. The summed E-state index contributed by atoms with van der Waals surface area (Å²) in [4.78, 5) is 2.19. The Morgan fingerprint density at radius 1 is 1.35 bits per heavy atom. The van der Waals surface area contributed by atoms with Crippen LogP contribution in [0.15, 0.2) is 18.2 Å². The van der Waals surface area contributed by atoms with Gasteiger partial charge in [-0.05, 0) is 69.6 Å². The molecular formula is C17H28N2O. The normalized spacial score (nSPS) is 17.5. The molecule has 0 heterocycles. The van der Waals surface area contributed by atoms with Crippen LogP contribution in [0, 0.1) is 0 Å². The van der Waals surface area contributed by atoms with E-state index in [1.54, 1.807) is 0 Å². The van der Waals surface area contributed by atoms with Gasteiger partial charge in [0.05, 0.1) is 6.61 Å². The van der Waals surface area contributed by atoms with Gasteiger partial charge in [0.25, 0.3) is 0 Å². The maximum absolute atomic E-state index is 5.85. The number of hydrogen-bond donors (Lipinski definition) is 1. The lowest BCUT2D eigenvalue weighted by atomic mass is 10.1. The summed E-state index contributed by atoms with van der Waals surface area (Å²) in [5, 5.41) is 3.63. The zero-order valence-electron chi connectivity index (χ0n) is 13.1. The molecular weight excluding hydrogens is 248 g/mol. The van der Waals surface area contributed by atoms with Crippen molar-refractivity contribution in [1.82, 2.24) is 10.2 Å². The zero-order valence-corrected chi connectivity index (χ0v) is 13.1. The summed E-state index contributed by atoms with van der Waals surface area (Å²) in [5.41, 5.74) is 2.93. The van der Waals surface area contributed by atoms with Gasteiger partial charge in [-0.15, -0.1) is 0 Å². The first-order valence-corrected chi connectivity index (χ1v) is 7.84. The Kier molecular flexibility index (Phi) is 5.86. The minimum Gasteiger partial charge on any atom is -0.494 e. The number of fused-ring (bicyclic) bond motifs is 1. The molecule has 1 aliphatic carbocycles. The predicted molar refractivity (Wildman–Crippen MR) is 84.5 cm³/mol. The lowest BCUT2D eigenvalue weighted by molar-refractivity contribution is 0.281. The fourth-order valence-electron chi connectivity index (χ4n) is 2.79. The monoisotopic (exact) mass is 276 g/mol. The van der Waals surface area contributed by atoms with E-state index in [0.29, 0.717) is 6.04 Å². The van der Waals surface area contributed by atoms with E-state index in [9.17, 15) is 0 Å². The first-order chi connectivity index (χ1) is 9.70. The van der Waals surface area contributed by atoms with Crippen LogP contribution in [0.25, 0.3) is 0 Å². The molecule has 3 heteroatoms. The third kappa shape index (κ3) is 4.22. The van der Waals surface area contributed by atoms with E-state index in [-0.39, 0.29) is 0 Å². The molecule has 2 rings (SSSR count). The van der Waals surface area contributed by atoms with E-state index in [1.807, 2.05) is 0 Å². The molecule has 0 amide bonds. The second-order valence-corrected chi connectivity index (χ2v) is 5.91. The summed E-state index contributed by atoms with van der Waals surface area (Å²) in [7, 11) is 4.19. The van der Waals surface area contributed by atoms with Crippen molar-refractivity contribution in [3.8, 4) is 5.75 Å². The summed E-state index contributed by atoms with van der Waals surface area (Å²) < 4.78 is 5.85. The SMILES string of the molecule is CCCNC1CCc2cc(OCCCN(C)C)ccc21. The van der Waals surface area contributed by atoms with Crippen LogP contribution in [-0.4, -0.2) is 38.7 Å². The van der Waals surface area contributed by atoms with E-state index >= 15 is 0 Å². The smallest absolute Gasteiger partial charge is 0.119 e. The highest BCUT2D eigenvalue weighted by atomic mass is 16.5. The molecule has 0 radical (unpaired) electrons. The molecule has 1 aromatic rings. The van der Waals surface area contributed by atoms with E-state index in [0.717, 1.165) is 31.9 Å². The highest BCUT2D eigenvalue weighted by molar-refractivity contribution is 5.40. The van der Waals surface area contributed by atoms with Crippen molar-refractivity contribution in [1.29, 1.82) is 0 Å². The van der Waals surface area contributed by atoms with Crippen molar-refractivity contribution >= 4 is 0 Å². The molecule has 0 bridgehead atoms. The van der Waals surface area contributed by atoms with Crippen LogP contribution < -0.4 is 10.1 Å². The molecule has 0 saturated carbocycles. The van der Waals surface area contributed by atoms with Crippen molar-refractivity contribution in [2.24, 2.45) is 0 Å². The highest BCUT2D eigenvalue weighted by Gasteiger charge is 2.21. The summed E-state index contributed by atoms with van der Waals surface area (Å²) in [6, 6.07) is 7.16. The van der Waals surface area contributed by atoms with Crippen molar-refractivity contribution in [3.05, 3.63) is 29.3 Å². The first kappa shape index (κ1) is 15.3. The number of nitrogens with one attached hydrogen (secondary N) is 1. The molecule has 0 aliphatic heterocycles. The van der Waals surface area contributed by atoms with Crippen molar-refractivity contribution in [2.75, 3.05) is 33.8 Å². The summed E-state index contributed by atoms with van der Waals surface area (Å²) in [6.45, 7) is 5.20. The van der Waals surface area contributed by atoms with Crippen LogP contribution in [0.3, 0.4) is 0 Å². The topological polar surface area (TPSA) is 24.5 Å². The van der Waals surface area contributed by atoms with Crippen LogP contribution in [-0.2, 0) is 6.42 Å². The van der Waals surface area contributed by atoms with Gasteiger partial charge in [-0.3, -0.25) is 0 Å². The Bertz CT molecular complexity index is 417. The fraction of sp³-hybridized carbons (Fsp3) is 0.647. The average Bonchev–Trinajstić information content (AvgIpc) is 2.83. The van der Waals surface area contributed by atoms with Gasteiger partial charge in [-0.1, -0.05) is 13.0 Å². The van der Waals surface area contributed by atoms with Gasteiger partial charge >= 0.3 is 0 Å². The number of ether oxygens (including phenoxy) is 1. The Balaban J connectivity index is 1.86. The Morgan fingerprint density at radius 2 is 2.20 bits per heavy atom. The average molecular weight is 276 g/mol. The van der Waals surface area contributed by atoms with E-state index in [2.05, 4.69) is 49.4 Å². The molecule has 20 heavy (non-hydrogen) atoms. The van der Waals surface area contributed by atoms with E-state index in [1.165, 1.54) is 30.4 Å². The number of hydrogen-bond acceptors (Lipinski definition) is 3. The molecule has 112 valence electrons. The highest BCUT2D eigenvalue weighted by Crippen LogP contribution is 2.33. The van der Waals surface area contributed by atoms with Gasteiger partial charge in [0, 0.05) is 12.6 Å².